The van der Waals surface area contributed by atoms with Crippen LogP contribution in [0.4, 0.5) is 0 Å². The molecule has 0 atom stereocenters. The van der Waals surface area contributed by atoms with E-state index in [0.29, 0.717) is 0 Å². The summed E-state index contributed by atoms with van der Waals surface area (Å²) in [6.07, 6.45) is 12.7. The molecule has 3 aliphatic carbocycles. The minimum atomic E-state index is 0.801. The molecule has 5 aliphatic rings. The van der Waals surface area contributed by atoms with Crippen molar-refractivity contribution in [2.45, 2.75) is 75.8 Å². The van der Waals surface area contributed by atoms with Crippen molar-refractivity contribution in [3.8, 4) is 0 Å². The van der Waals surface area contributed by atoms with Crippen molar-refractivity contribution in [2.24, 2.45) is 18.9 Å². The second-order valence-electron chi connectivity index (χ2n) is 9.65. The van der Waals surface area contributed by atoms with Gasteiger partial charge in [-0.25, -0.2) is 0 Å². The fraction of sp³-hybridized carbons (Fsp3) is 0.696. The molecule has 1 aromatic heterocycles. The topological polar surface area (TPSA) is 21.1 Å². The maximum absolute atomic E-state index is 4.93. The van der Waals surface area contributed by atoms with Crippen molar-refractivity contribution >= 4 is 10.9 Å². The minimum absolute atomic E-state index is 0.801. The van der Waals surface area contributed by atoms with E-state index in [1.807, 2.05) is 0 Å². The van der Waals surface area contributed by atoms with E-state index < -0.39 is 0 Å². The molecule has 2 aromatic rings. The molecule has 2 saturated heterocycles. The second kappa shape index (κ2) is 5.82. The molecule has 3 heterocycles. The summed E-state index contributed by atoms with van der Waals surface area (Å²) in [6.45, 7) is 1.29. The fourth-order valence-electron chi connectivity index (χ4n) is 6.75. The van der Waals surface area contributed by atoms with Gasteiger partial charge in [-0.05, 0) is 93.7 Å². The molecular formula is C23H31N3. The average Bonchev–Trinajstić information content (AvgIpc) is 3.42. The number of benzene rings is 1. The van der Waals surface area contributed by atoms with E-state index in [0.717, 1.165) is 36.3 Å². The normalized spacial score (nSPS) is 33.4. The van der Waals surface area contributed by atoms with E-state index in [9.17, 15) is 0 Å². The van der Waals surface area contributed by atoms with Crippen molar-refractivity contribution in [3.05, 3.63) is 29.5 Å². The monoisotopic (exact) mass is 349 g/mol. The first kappa shape index (κ1) is 15.7. The van der Waals surface area contributed by atoms with Crippen LogP contribution in [-0.2, 0) is 13.5 Å². The summed E-state index contributed by atoms with van der Waals surface area (Å²) in [7, 11) is 2.11. The van der Waals surface area contributed by atoms with E-state index in [-0.39, 0.29) is 0 Å². The van der Waals surface area contributed by atoms with Crippen LogP contribution in [0.15, 0.2) is 18.2 Å². The molecule has 3 nitrogen and oxygen atoms in total. The standard InChI is InChI=1S/C23H31N3/c1-25-22-6-2-4-20(17-7-8-17)23(22)21(24-25)5-3-9-26-18-11-15-10-16(13-18)14-19(26)12-15/h2,4,6,15-19H,3,5,7-14H2,1H3. The molecule has 0 unspecified atom stereocenters. The lowest BCUT2D eigenvalue weighted by Crippen LogP contribution is -2.58. The zero-order chi connectivity index (χ0) is 17.3. The number of aryl methyl sites for hydroxylation is 2. The summed E-state index contributed by atoms with van der Waals surface area (Å²) in [5.41, 5.74) is 4.26. The highest BCUT2D eigenvalue weighted by atomic mass is 15.3. The second-order valence-corrected chi connectivity index (χ2v) is 9.65. The van der Waals surface area contributed by atoms with Crippen molar-refractivity contribution in [2.75, 3.05) is 6.54 Å². The number of hydrogen-bond acceptors (Lipinski definition) is 2. The summed E-state index contributed by atoms with van der Waals surface area (Å²) in [4.78, 5) is 2.90. The Balaban J connectivity index is 1.20. The number of piperidine rings is 2. The van der Waals surface area contributed by atoms with Crippen molar-refractivity contribution in [1.29, 1.82) is 0 Å². The van der Waals surface area contributed by atoms with Gasteiger partial charge in [0, 0.05) is 24.5 Å². The van der Waals surface area contributed by atoms with Crippen molar-refractivity contribution < 1.29 is 0 Å². The molecule has 0 spiro atoms. The Bertz CT molecular complexity index is 803. The number of fused-ring (bicyclic) bond motifs is 1. The Morgan fingerprint density at radius 1 is 1.00 bits per heavy atom. The molecule has 138 valence electrons. The molecule has 5 fully saturated rings. The number of aromatic nitrogens is 2. The van der Waals surface area contributed by atoms with Gasteiger partial charge in [-0.2, -0.15) is 5.10 Å². The van der Waals surface area contributed by atoms with Gasteiger partial charge in [-0.15, -0.1) is 0 Å². The molecule has 1 aromatic carbocycles. The Morgan fingerprint density at radius 3 is 2.42 bits per heavy atom. The summed E-state index contributed by atoms with van der Waals surface area (Å²) in [6, 6.07) is 8.65. The van der Waals surface area contributed by atoms with Crippen molar-refractivity contribution in [3.63, 3.8) is 0 Å². The van der Waals surface area contributed by atoms with Gasteiger partial charge in [0.15, 0.2) is 0 Å². The van der Waals surface area contributed by atoms with Crippen LogP contribution in [0.5, 0.6) is 0 Å². The Kier molecular flexibility index (Phi) is 3.51. The Hall–Kier alpha value is -1.35. The van der Waals surface area contributed by atoms with Crippen molar-refractivity contribution in [1.82, 2.24) is 14.7 Å². The van der Waals surface area contributed by atoms with Crippen LogP contribution in [-0.4, -0.2) is 33.3 Å². The largest absolute Gasteiger partial charge is 0.297 e. The SMILES string of the molecule is Cn1nc(CCCN2C3CC4CC(C3)CC2C4)c2c(C3CC3)cccc21. The highest BCUT2D eigenvalue weighted by molar-refractivity contribution is 5.86. The molecule has 0 amide bonds. The average molecular weight is 350 g/mol. The Morgan fingerprint density at radius 2 is 1.73 bits per heavy atom. The summed E-state index contributed by atoms with van der Waals surface area (Å²) in [5.74, 6) is 2.93. The van der Waals surface area contributed by atoms with Gasteiger partial charge >= 0.3 is 0 Å². The molecule has 2 aliphatic heterocycles. The molecule has 26 heavy (non-hydrogen) atoms. The van der Waals surface area contributed by atoms with Crippen LogP contribution >= 0.6 is 0 Å². The van der Waals surface area contributed by atoms with Gasteiger partial charge in [0.1, 0.15) is 0 Å². The van der Waals surface area contributed by atoms with Crippen LogP contribution in [0.2, 0.25) is 0 Å². The minimum Gasteiger partial charge on any atom is -0.297 e. The molecule has 3 saturated carbocycles. The van der Waals surface area contributed by atoms with Crippen LogP contribution in [0.25, 0.3) is 10.9 Å². The summed E-state index contributed by atoms with van der Waals surface area (Å²) in [5, 5.41) is 6.42. The molecule has 4 bridgehead atoms. The molecule has 0 radical (unpaired) electrons. The quantitative estimate of drug-likeness (QED) is 0.784. The zero-order valence-corrected chi connectivity index (χ0v) is 16.0. The van der Waals surface area contributed by atoms with Crippen LogP contribution in [0.3, 0.4) is 0 Å². The van der Waals surface area contributed by atoms with Crippen LogP contribution in [0.1, 0.15) is 68.5 Å². The highest BCUT2D eigenvalue weighted by Crippen LogP contribution is 2.49. The number of hydrogen-bond donors (Lipinski definition) is 0. The maximum Gasteiger partial charge on any atom is 0.0706 e. The van der Waals surface area contributed by atoms with E-state index >= 15 is 0 Å². The van der Waals surface area contributed by atoms with E-state index in [1.165, 1.54) is 68.1 Å². The first-order valence-electron chi connectivity index (χ1n) is 11.0. The summed E-state index contributed by atoms with van der Waals surface area (Å²) < 4.78 is 2.11. The Labute approximate surface area is 156 Å². The maximum atomic E-state index is 4.93. The first-order valence-corrected chi connectivity index (χ1v) is 11.0. The lowest BCUT2D eigenvalue weighted by atomic mass is 9.63. The van der Waals surface area contributed by atoms with Gasteiger partial charge in [0.25, 0.3) is 0 Å². The van der Waals surface area contributed by atoms with Gasteiger partial charge in [0.2, 0.25) is 0 Å². The van der Waals surface area contributed by atoms with Crippen LogP contribution in [0, 0.1) is 11.8 Å². The summed E-state index contributed by atoms with van der Waals surface area (Å²) >= 11 is 0. The lowest BCUT2D eigenvalue weighted by Gasteiger charge is -2.56. The zero-order valence-electron chi connectivity index (χ0n) is 16.0. The number of nitrogens with zero attached hydrogens (tertiary/aromatic N) is 3. The third kappa shape index (κ3) is 2.46. The highest BCUT2D eigenvalue weighted by Gasteiger charge is 2.46. The molecular weight excluding hydrogens is 318 g/mol. The fourth-order valence-corrected chi connectivity index (χ4v) is 6.75. The van der Waals surface area contributed by atoms with E-state index in [2.05, 4.69) is 34.8 Å². The first-order chi connectivity index (χ1) is 12.8. The van der Waals surface area contributed by atoms with E-state index in [4.69, 9.17) is 5.10 Å². The molecule has 0 N–H and O–H groups in total. The van der Waals surface area contributed by atoms with Gasteiger partial charge < -0.3 is 0 Å². The molecule has 7 rings (SSSR count). The lowest BCUT2D eigenvalue weighted by molar-refractivity contribution is -0.0588. The third-order valence-electron chi connectivity index (χ3n) is 7.86. The third-order valence-corrected chi connectivity index (χ3v) is 7.86. The smallest absolute Gasteiger partial charge is 0.0706 e. The van der Waals surface area contributed by atoms with Gasteiger partial charge in [-0.3, -0.25) is 9.58 Å². The molecule has 3 heteroatoms. The predicted molar refractivity (Wildman–Crippen MR) is 105 cm³/mol. The van der Waals surface area contributed by atoms with Crippen LogP contribution < -0.4 is 0 Å². The predicted octanol–water partition coefficient (Wildman–Crippen LogP) is 4.65. The van der Waals surface area contributed by atoms with Gasteiger partial charge in [-0.1, -0.05) is 12.1 Å². The van der Waals surface area contributed by atoms with Gasteiger partial charge in [0.05, 0.1) is 11.2 Å². The number of rotatable bonds is 5. The van der Waals surface area contributed by atoms with E-state index in [1.54, 1.807) is 12.0 Å².